The molecule has 2 atom stereocenters. The maximum atomic E-state index is 13.4. The summed E-state index contributed by atoms with van der Waals surface area (Å²) >= 11 is 3.14. The largest absolute Gasteiger partial charge is 0.481 e. The van der Waals surface area contributed by atoms with E-state index in [1.807, 2.05) is 6.92 Å². The molecule has 0 heterocycles. The van der Waals surface area contributed by atoms with Crippen molar-refractivity contribution in [2.75, 3.05) is 13.2 Å². The number of hydrogen-bond donors (Lipinski definition) is 2. The van der Waals surface area contributed by atoms with E-state index in [0.717, 1.165) is 0 Å². The Balaban J connectivity index is 2.33. The van der Waals surface area contributed by atoms with Crippen molar-refractivity contribution >= 4 is 21.8 Å². The quantitative estimate of drug-likeness (QED) is 0.796. The summed E-state index contributed by atoms with van der Waals surface area (Å²) in [6.07, 6.45) is 0.220. The maximum absolute atomic E-state index is 13.4. The second-order valence-electron chi connectivity index (χ2n) is 4.86. The van der Waals surface area contributed by atoms with Gasteiger partial charge in [-0.2, -0.15) is 0 Å². The molecule has 4 nitrogen and oxygen atoms in total. The highest BCUT2D eigenvalue weighted by atomic mass is 79.9. The Morgan fingerprint density at radius 1 is 1.50 bits per heavy atom. The normalized spacial score (nSPS) is 13.7. The summed E-state index contributed by atoms with van der Waals surface area (Å²) in [4.78, 5) is 11.6. The van der Waals surface area contributed by atoms with Gasteiger partial charge < -0.3 is 15.2 Å². The molecule has 1 aromatic carbocycles. The Hall–Kier alpha value is -1.14. The molecule has 0 fully saturated rings. The van der Waals surface area contributed by atoms with E-state index in [4.69, 9.17) is 4.74 Å². The van der Waals surface area contributed by atoms with Crippen LogP contribution in [-0.4, -0.2) is 30.3 Å². The molecular weight excluding hydrogens is 329 g/mol. The Bertz CT molecular complexity index is 454. The lowest BCUT2D eigenvalue weighted by atomic mass is 10.1. The van der Waals surface area contributed by atoms with Crippen molar-refractivity contribution in [3.05, 3.63) is 28.5 Å². The predicted molar refractivity (Wildman–Crippen MR) is 78.1 cm³/mol. The molecule has 112 valence electrons. The maximum Gasteiger partial charge on any atom is 0.257 e. The van der Waals surface area contributed by atoms with E-state index in [9.17, 15) is 14.3 Å². The van der Waals surface area contributed by atoms with Crippen LogP contribution in [0.3, 0.4) is 0 Å². The molecule has 20 heavy (non-hydrogen) atoms. The first-order valence-electron chi connectivity index (χ1n) is 6.41. The molecule has 0 saturated heterocycles. The van der Waals surface area contributed by atoms with Crippen LogP contribution in [0.2, 0.25) is 0 Å². The molecule has 2 N–H and O–H groups in total. The fourth-order valence-electron chi connectivity index (χ4n) is 1.74. The van der Waals surface area contributed by atoms with Crippen LogP contribution in [0.4, 0.5) is 4.39 Å². The zero-order valence-corrected chi connectivity index (χ0v) is 13.1. The standard InChI is InChI=1S/C14H19BrFNO3/c1-9(5-10(2)18)7-17-14(19)8-20-13-4-3-11(15)6-12(13)16/h3-4,6,9-10,18H,5,7-8H2,1-2H3,(H,17,19). The van der Waals surface area contributed by atoms with Crippen LogP contribution in [-0.2, 0) is 4.79 Å². The number of ether oxygens (including phenoxy) is 1. The number of carbonyl (C=O) groups excluding carboxylic acids is 1. The van der Waals surface area contributed by atoms with E-state index in [2.05, 4.69) is 21.2 Å². The van der Waals surface area contributed by atoms with E-state index in [1.165, 1.54) is 12.1 Å². The molecule has 0 aromatic heterocycles. The molecule has 1 rings (SSSR count). The minimum Gasteiger partial charge on any atom is -0.481 e. The number of carbonyl (C=O) groups is 1. The van der Waals surface area contributed by atoms with E-state index in [-0.39, 0.29) is 24.2 Å². The van der Waals surface area contributed by atoms with Gasteiger partial charge >= 0.3 is 0 Å². The lowest BCUT2D eigenvalue weighted by Crippen LogP contribution is -2.33. The number of aliphatic hydroxyl groups excluding tert-OH is 1. The Kier molecular flexibility index (Phi) is 6.95. The van der Waals surface area contributed by atoms with Crippen LogP contribution < -0.4 is 10.1 Å². The van der Waals surface area contributed by atoms with Gasteiger partial charge in [0.2, 0.25) is 0 Å². The molecule has 1 amide bonds. The molecule has 6 heteroatoms. The molecule has 0 bridgehead atoms. The highest BCUT2D eigenvalue weighted by molar-refractivity contribution is 9.10. The van der Waals surface area contributed by atoms with Crippen LogP contribution in [0.1, 0.15) is 20.3 Å². The van der Waals surface area contributed by atoms with Crippen molar-refractivity contribution in [3.63, 3.8) is 0 Å². The fourth-order valence-corrected chi connectivity index (χ4v) is 2.07. The van der Waals surface area contributed by atoms with Gasteiger partial charge in [-0.05, 0) is 37.5 Å². The number of benzene rings is 1. The second-order valence-corrected chi connectivity index (χ2v) is 5.77. The third-order valence-corrected chi connectivity index (χ3v) is 3.14. The van der Waals surface area contributed by atoms with Crippen molar-refractivity contribution in [3.8, 4) is 5.75 Å². The fraction of sp³-hybridized carbons (Fsp3) is 0.500. The SMILES string of the molecule is CC(O)CC(C)CNC(=O)COc1ccc(Br)cc1F. The van der Waals surface area contributed by atoms with Crippen molar-refractivity contribution < 1.29 is 19.0 Å². The Morgan fingerprint density at radius 3 is 2.80 bits per heavy atom. The number of amides is 1. The van der Waals surface area contributed by atoms with Gasteiger partial charge in [0, 0.05) is 11.0 Å². The molecular formula is C14H19BrFNO3. The summed E-state index contributed by atoms with van der Waals surface area (Å²) in [6.45, 7) is 3.86. The predicted octanol–water partition coefficient (Wildman–Crippen LogP) is 2.49. The zero-order valence-electron chi connectivity index (χ0n) is 11.5. The zero-order chi connectivity index (χ0) is 15.1. The van der Waals surface area contributed by atoms with E-state index >= 15 is 0 Å². The van der Waals surface area contributed by atoms with Gasteiger partial charge in [-0.15, -0.1) is 0 Å². The average Bonchev–Trinajstić information content (AvgIpc) is 2.34. The van der Waals surface area contributed by atoms with Gasteiger partial charge in [0.05, 0.1) is 6.10 Å². The first-order chi connectivity index (χ1) is 9.38. The first-order valence-corrected chi connectivity index (χ1v) is 7.20. The van der Waals surface area contributed by atoms with Crippen LogP contribution in [0.25, 0.3) is 0 Å². The Morgan fingerprint density at radius 2 is 2.20 bits per heavy atom. The lowest BCUT2D eigenvalue weighted by molar-refractivity contribution is -0.123. The molecule has 1 aromatic rings. The number of hydrogen-bond acceptors (Lipinski definition) is 3. The topological polar surface area (TPSA) is 58.6 Å². The van der Waals surface area contributed by atoms with Gasteiger partial charge in [-0.25, -0.2) is 4.39 Å². The summed E-state index contributed by atoms with van der Waals surface area (Å²) in [5.41, 5.74) is 0. The summed E-state index contributed by atoms with van der Waals surface area (Å²) in [5, 5.41) is 11.9. The van der Waals surface area contributed by atoms with Crippen molar-refractivity contribution in [1.29, 1.82) is 0 Å². The lowest BCUT2D eigenvalue weighted by Gasteiger charge is -2.14. The molecule has 0 aliphatic carbocycles. The smallest absolute Gasteiger partial charge is 0.257 e. The van der Waals surface area contributed by atoms with Crippen LogP contribution in [0.15, 0.2) is 22.7 Å². The van der Waals surface area contributed by atoms with E-state index in [1.54, 1.807) is 13.0 Å². The summed E-state index contributed by atoms with van der Waals surface area (Å²) in [5.74, 6) is -0.622. The number of rotatable bonds is 7. The molecule has 0 radical (unpaired) electrons. The summed E-state index contributed by atoms with van der Waals surface area (Å²) in [6, 6.07) is 4.38. The number of nitrogens with one attached hydrogen (secondary N) is 1. The highest BCUT2D eigenvalue weighted by Crippen LogP contribution is 2.21. The van der Waals surface area contributed by atoms with Crippen LogP contribution in [0.5, 0.6) is 5.75 Å². The van der Waals surface area contributed by atoms with Crippen LogP contribution >= 0.6 is 15.9 Å². The molecule has 0 spiro atoms. The van der Waals surface area contributed by atoms with Gasteiger partial charge in [0.1, 0.15) is 0 Å². The average molecular weight is 348 g/mol. The first kappa shape index (κ1) is 16.9. The third-order valence-electron chi connectivity index (χ3n) is 2.64. The van der Waals surface area contributed by atoms with Gasteiger partial charge in [0.25, 0.3) is 5.91 Å². The van der Waals surface area contributed by atoms with E-state index in [0.29, 0.717) is 17.4 Å². The van der Waals surface area contributed by atoms with Gasteiger partial charge in [-0.1, -0.05) is 22.9 Å². The van der Waals surface area contributed by atoms with Gasteiger partial charge in [-0.3, -0.25) is 4.79 Å². The molecule has 0 aliphatic rings. The van der Waals surface area contributed by atoms with E-state index < -0.39 is 11.9 Å². The minimum absolute atomic E-state index is 0.0420. The van der Waals surface area contributed by atoms with Crippen LogP contribution in [0, 0.1) is 11.7 Å². The van der Waals surface area contributed by atoms with Crippen molar-refractivity contribution in [1.82, 2.24) is 5.32 Å². The summed E-state index contributed by atoms with van der Waals surface area (Å²) < 4.78 is 19.2. The minimum atomic E-state index is -0.519. The number of halogens is 2. The second kappa shape index (κ2) is 8.21. The third kappa shape index (κ3) is 6.34. The monoisotopic (exact) mass is 347 g/mol. The van der Waals surface area contributed by atoms with Gasteiger partial charge in [0.15, 0.2) is 18.2 Å². The Labute approximate surface area is 126 Å². The highest BCUT2D eigenvalue weighted by Gasteiger charge is 2.10. The summed E-state index contributed by atoms with van der Waals surface area (Å²) in [7, 11) is 0. The van der Waals surface area contributed by atoms with Crippen molar-refractivity contribution in [2.24, 2.45) is 5.92 Å². The molecule has 2 unspecified atom stereocenters. The number of aliphatic hydroxyl groups is 1. The molecule has 0 aliphatic heterocycles. The molecule has 0 saturated carbocycles. The van der Waals surface area contributed by atoms with Crippen molar-refractivity contribution in [2.45, 2.75) is 26.4 Å².